The Balaban J connectivity index is 0.656. The molecule has 350 valence electrons. The molecule has 6 amide bonds. The van der Waals surface area contributed by atoms with Crippen LogP contribution in [-0.2, 0) is 14.4 Å². The molecule has 5 aliphatic heterocycles. The molecule has 1 aromatic heterocycles. The van der Waals surface area contributed by atoms with Gasteiger partial charge in [-0.15, -0.1) is 0 Å². The van der Waals surface area contributed by atoms with Gasteiger partial charge in [-0.2, -0.15) is 5.10 Å². The lowest BCUT2D eigenvalue weighted by atomic mass is 9.82. The molecule has 1 aliphatic carbocycles. The number of nitrogens with two attached hydrogens (primary N) is 1. The number of benzene rings is 3. The van der Waals surface area contributed by atoms with Crippen molar-refractivity contribution in [2.45, 2.75) is 95.2 Å². The molecule has 1 unspecified atom stereocenters. The van der Waals surface area contributed by atoms with E-state index in [4.69, 9.17) is 15.6 Å². The van der Waals surface area contributed by atoms with Crippen molar-refractivity contribution >= 4 is 46.9 Å². The van der Waals surface area contributed by atoms with Crippen LogP contribution < -0.4 is 26.0 Å². The van der Waals surface area contributed by atoms with Crippen LogP contribution in [0.5, 0.6) is 11.5 Å². The van der Waals surface area contributed by atoms with E-state index in [9.17, 15) is 28.8 Å². The molecule has 16 nitrogen and oxygen atoms in total. The molecule has 0 spiro atoms. The van der Waals surface area contributed by atoms with E-state index in [1.165, 1.54) is 12.8 Å². The number of carbonyl (C=O) groups is 6. The number of ether oxygens (including phenoxy) is 1. The molecule has 1 saturated carbocycles. The van der Waals surface area contributed by atoms with E-state index in [0.29, 0.717) is 58.3 Å². The number of amides is 6. The zero-order valence-electron chi connectivity index (χ0n) is 37.9. The van der Waals surface area contributed by atoms with Crippen molar-refractivity contribution in [3.05, 3.63) is 89.5 Å². The molecule has 6 heterocycles. The van der Waals surface area contributed by atoms with E-state index in [-0.39, 0.29) is 24.8 Å². The molecule has 0 radical (unpaired) electrons. The molecular formula is C51H59N9O7. The SMILES string of the molecule is NC(=O)c1c(-c2ccc(Oc3ccccc3)cc2)nn2c1NCC[C@H]2C1CCN(C(=O)CCCC2CCC(N3CCN(c4ccc5c(c4)C(=O)N(C4CCC(=O)NC4=O)C5=O)CC3)CC2)CC1. The van der Waals surface area contributed by atoms with Crippen LogP contribution in [0.1, 0.15) is 114 Å². The van der Waals surface area contributed by atoms with Crippen LogP contribution in [0, 0.1) is 11.8 Å². The first kappa shape index (κ1) is 44.3. The Morgan fingerprint density at radius 2 is 1.48 bits per heavy atom. The largest absolute Gasteiger partial charge is 0.457 e. The first-order chi connectivity index (χ1) is 32.6. The molecule has 4 fully saturated rings. The van der Waals surface area contributed by atoms with Crippen molar-refractivity contribution in [3.8, 4) is 22.8 Å². The van der Waals surface area contributed by atoms with Gasteiger partial charge in [0, 0.05) is 75.9 Å². The molecule has 10 rings (SSSR count). The molecule has 3 aromatic carbocycles. The summed E-state index contributed by atoms with van der Waals surface area (Å²) in [5.74, 6) is 0.841. The van der Waals surface area contributed by atoms with Crippen LogP contribution in [0.2, 0.25) is 0 Å². The molecule has 3 saturated heterocycles. The summed E-state index contributed by atoms with van der Waals surface area (Å²) < 4.78 is 7.96. The number of primary amides is 1. The maximum absolute atomic E-state index is 13.5. The number of piperidine rings is 2. The first-order valence-corrected chi connectivity index (χ1v) is 24.2. The highest BCUT2D eigenvalue weighted by molar-refractivity contribution is 6.23. The van der Waals surface area contributed by atoms with Crippen molar-refractivity contribution in [3.63, 3.8) is 0 Å². The summed E-state index contributed by atoms with van der Waals surface area (Å²) in [6.07, 6.45) is 10.1. The van der Waals surface area contributed by atoms with Gasteiger partial charge in [-0.3, -0.25) is 43.9 Å². The number of piperazine rings is 1. The summed E-state index contributed by atoms with van der Waals surface area (Å²) in [5.41, 5.74) is 9.24. The van der Waals surface area contributed by atoms with Gasteiger partial charge in [0.2, 0.25) is 17.7 Å². The summed E-state index contributed by atoms with van der Waals surface area (Å²) in [6, 6.07) is 22.2. The number of likely N-dealkylation sites (tertiary alicyclic amines) is 1. The average molecular weight is 910 g/mol. The Hall–Kier alpha value is -6.55. The fraction of sp³-hybridized carbons (Fsp3) is 0.471. The van der Waals surface area contributed by atoms with E-state index < -0.39 is 35.6 Å². The number of aromatic nitrogens is 2. The van der Waals surface area contributed by atoms with Gasteiger partial charge in [-0.05, 0) is 131 Å². The number of hydrogen-bond donors (Lipinski definition) is 3. The maximum Gasteiger partial charge on any atom is 0.262 e. The monoisotopic (exact) mass is 909 g/mol. The van der Waals surface area contributed by atoms with E-state index in [2.05, 4.69) is 20.4 Å². The summed E-state index contributed by atoms with van der Waals surface area (Å²) in [7, 11) is 0. The van der Waals surface area contributed by atoms with Gasteiger partial charge < -0.3 is 25.6 Å². The number of anilines is 2. The summed E-state index contributed by atoms with van der Waals surface area (Å²) in [4.78, 5) is 85.0. The lowest BCUT2D eigenvalue weighted by Crippen LogP contribution is -2.54. The summed E-state index contributed by atoms with van der Waals surface area (Å²) in [6.45, 7) is 5.66. The summed E-state index contributed by atoms with van der Waals surface area (Å²) >= 11 is 0. The van der Waals surface area contributed by atoms with Crippen molar-refractivity contribution < 1.29 is 33.5 Å². The molecule has 0 bridgehead atoms. The zero-order valence-corrected chi connectivity index (χ0v) is 37.9. The minimum absolute atomic E-state index is 0.0923. The predicted octanol–water partition coefficient (Wildman–Crippen LogP) is 5.99. The molecule has 16 heteroatoms. The fourth-order valence-electron chi connectivity index (χ4n) is 11.5. The Morgan fingerprint density at radius 3 is 2.19 bits per heavy atom. The molecule has 4 aromatic rings. The Bertz CT molecular complexity index is 2540. The second kappa shape index (κ2) is 19.0. The second-order valence-corrected chi connectivity index (χ2v) is 19.1. The fourth-order valence-corrected chi connectivity index (χ4v) is 11.5. The number of carbonyl (C=O) groups excluding carboxylic acids is 6. The zero-order chi connectivity index (χ0) is 46.2. The van der Waals surface area contributed by atoms with Crippen LogP contribution in [0.4, 0.5) is 11.5 Å². The number of para-hydroxylation sites is 1. The third-order valence-electron chi connectivity index (χ3n) is 15.2. The number of hydrogen-bond acceptors (Lipinski definition) is 11. The Labute approximate surface area is 390 Å². The van der Waals surface area contributed by atoms with Crippen molar-refractivity contribution in [1.29, 1.82) is 0 Å². The Morgan fingerprint density at radius 1 is 0.761 bits per heavy atom. The molecule has 4 N–H and O–H groups in total. The third kappa shape index (κ3) is 9.02. The molecule has 2 atom stereocenters. The van der Waals surface area contributed by atoms with E-state index in [0.717, 1.165) is 113 Å². The standard InChI is InChI=1S/C51H59N9O7/c52-47(63)45-46(34-11-16-38(17-12-34)67-37-6-2-1-3-7-37)55-60-41(21-24-53-48(45)60)33-22-25-58(26-23-33)44(62)8-4-5-32-9-13-35(14-10-32)56-27-29-57(30-28-56)36-15-18-39-40(31-36)51(66)59(50(39)65)42-19-20-43(61)54-49(42)64/h1-3,6-7,11-12,15-18,31-33,35,41-42,53H,4-5,8-10,13-14,19-30H2,(H2,52,63)(H,54,61,64)/t32?,35?,41-,42?/m0/s1. The minimum atomic E-state index is -0.973. The molecule has 6 aliphatic rings. The van der Waals surface area contributed by atoms with Crippen molar-refractivity contribution in [1.82, 2.24) is 29.8 Å². The number of nitrogens with one attached hydrogen (secondary N) is 2. The van der Waals surface area contributed by atoms with E-state index >= 15 is 0 Å². The highest BCUT2D eigenvalue weighted by Gasteiger charge is 2.45. The molecule has 67 heavy (non-hydrogen) atoms. The number of fused-ring (bicyclic) bond motifs is 2. The van der Waals surface area contributed by atoms with Gasteiger partial charge in [0.15, 0.2) is 0 Å². The number of imide groups is 2. The van der Waals surface area contributed by atoms with E-state index in [1.54, 1.807) is 12.1 Å². The van der Waals surface area contributed by atoms with Crippen LogP contribution >= 0.6 is 0 Å². The second-order valence-electron chi connectivity index (χ2n) is 19.1. The van der Waals surface area contributed by atoms with Gasteiger partial charge in [0.1, 0.15) is 34.6 Å². The smallest absolute Gasteiger partial charge is 0.262 e. The first-order valence-electron chi connectivity index (χ1n) is 24.2. The van der Waals surface area contributed by atoms with Crippen LogP contribution in [0.25, 0.3) is 11.3 Å². The van der Waals surface area contributed by atoms with E-state index in [1.807, 2.05) is 70.2 Å². The Kier molecular flexibility index (Phi) is 12.5. The van der Waals surface area contributed by atoms with Gasteiger partial charge in [-0.1, -0.05) is 18.2 Å². The van der Waals surface area contributed by atoms with Gasteiger partial charge in [0.25, 0.3) is 17.7 Å². The number of rotatable bonds is 12. The van der Waals surface area contributed by atoms with Crippen molar-refractivity contribution in [2.75, 3.05) is 56.0 Å². The quantitative estimate of drug-likeness (QED) is 0.142. The van der Waals surface area contributed by atoms with Gasteiger partial charge in [-0.25, -0.2) is 4.68 Å². The average Bonchev–Trinajstić information content (AvgIpc) is 3.87. The molecular weight excluding hydrogens is 851 g/mol. The van der Waals surface area contributed by atoms with Crippen LogP contribution in [0.15, 0.2) is 72.8 Å². The highest BCUT2D eigenvalue weighted by atomic mass is 16.5. The summed E-state index contributed by atoms with van der Waals surface area (Å²) in [5, 5.41) is 10.7. The number of nitrogens with zero attached hydrogens (tertiary/aromatic N) is 6. The highest BCUT2D eigenvalue weighted by Crippen LogP contribution is 2.41. The lowest BCUT2D eigenvalue weighted by Gasteiger charge is -2.42. The van der Waals surface area contributed by atoms with Crippen LogP contribution in [-0.4, -0.2) is 118 Å². The van der Waals surface area contributed by atoms with Crippen LogP contribution in [0.3, 0.4) is 0 Å². The lowest BCUT2D eigenvalue weighted by molar-refractivity contribution is -0.136. The minimum Gasteiger partial charge on any atom is -0.457 e. The topological polar surface area (TPSA) is 193 Å². The normalized spacial score (nSPS) is 23.7. The predicted molar refractivity (Wildman–Crippen MR) is 251 cm³/mol. The third-order valence-corrected chi connectivity index (χ3v) is 15.2. The van der Waals surface area contributed by atoms with Gasteiger partial charge >= 0.3 is 0 Å². The van der Waals surface area contributed by atoms with Gasteiger partial charge in [0.05, 0.1) is 17.2 Å². The maximum atomic E-state index is 13.5. The van der Waals surface area contributed by atoms with Crippen molar-refractivity contribution in [2.24, 2.45) is 17.6 Å².